The number of aromatic nitrogens is 3. The van der Waals surface area contributed by atoms with Crippen LogP contribution < -0.4 is 5.32 Å². The molecule has 0 spiro atoms. The van der Waals surface area contributed by atoms with Gasteiger partial charge in [0.25, 0.3) is 5.91 Å². The Morgan fingerprint density at radius 2 is 1.76 bits per heavy atom. The number of para-hydroxylation sites is 1. The summed E-state index contributed by atoms with van der Waals surface area (Å²) < 4.78 is 1.69. The van der Waals surface area contributed by atoms with Gasteiger partial charge in [0.05, 0.1) is 12.2 Å². The zero-order valence-corrected chi connectivity index (χ0v) is 13.8. The van der Waals surface area contributed by atoms with Crippen LogP contribution in [0.25, 0.3) is 0 Å². The van der Waals surface area contributed by atoms with Crippen molar-refractivity contribution in [2.75, 3.05) is 31.5 Å². The van der Waals surface area contributed by atoms with E-state index in [-0.39, 0.29) is 18.0 Å². The molecule has 2 aliphatic heterocycles. The number of benzene rings is 1. The summed E-state index contributed by atoms with van der Waals surface area (Å²) in [6.45, 7) is 2.70. The fourth-order valence-corrected chi connectivity index (χ4v) is 3.15. The van der Waals surface area contributed by atoms with Crippen molar-refractivity contribution in [2.24, 2.45) is 0 Å². The minimum atomic E-state index is -0.129. The Labute approximate surface area is 145 Å². The lowest BCUT2D eigenvalue weighted by atomic mass is 10.1. The molecule has 1 N–H and O–H groups in total. The second-order valence-electron chi connectivity index (χ2n) is 6.44. The van der Waals surface area contributed by atoms with Crippen LogP contribution in [0.15, 0.2) is 36.5 Å². The predicted molar refractivity (Wildman–Crippen MR) is 91.2 cm³/mol. The van der Waals surface area contributed by atoms with Crippen LogP contribution in [0.5, 0.6) is 0 Å². The van der Waals surface area contributed by atoms with Crippen molar-refractivity contribution in [3.05, 3.63) is 42.2 Å². The molecule has 1 aromatic heterocycles. The minimum absolute atomic E-state index is 0.0539. The van der Waals surface area contributed by atoms with Crippen molar-refractivity contribution in [2.45, 2.75) is 18.9 Å². The van der Waals surface area contributed by atoms with Crippen molar-refractivity contribution in [3.8, 4) is 0 Å². The fourth-order valence-electron chi connectivity index (χ4n) is 3.15. The summed E-state index contributed by atoms with van der Waals surface area (Å²) in [7, 11) is 0. The number of rotatable bonds is 3. The summed E-state index contributed by atoms with van der Waals surface area (Å²) in [5.74, 6) is -0.0539. The third-order valence-corrected chi connectivity index (χ3v) is 4.67. The van der Waals surface area contributed by atoms with Crippen molar-refractivity contribution in [1.29, 1.82) is 0 Å². The molecule has 0 aliphatic carbocycles. The standard InChI is InChI=1S/C17H20N6O2/c24-16(21-8-4-5-9-21)15-12-23(20-19-15)14-10-22(11-14)17(25)18-13-6-2-1-3-7-13/h1-3,6-7,12,14H,4-5,8-11H2,(H,18,25). The average Bonchev–Trinajstić information content (AvgIpc) is 3.26. The van der Waals surface area contributed by atoms with E-state index in [2.05, 4.69) is 15.6 Å². The van der Waals surface area contributed by atoms with E-state index < -0.39 is 0 Å². The molecule has 130 valence electrons. The SMILES string of the molecule is O=C(Nc1ccccc1)N1CC(n2cc(C(=O)N3CCCC3)nn2)C1. The van der Waals surface area contributed by atoms with Crippen LogP contribution in [0, 0.1) is 0 Å². The first kappa shape index (κ1) is 15.6. The van der Waals surface area contributed by atoms with Crippen LogP contribution in [-0.2, 0) is 0 Å². The Morgan fingerprint density at radius 1 is 1.04 bits per heavy atom. The first-order valence-corrected chi connectivity index (χ1v) is 8.53. The molecular weight excluding hydrogens is 320 g/mol. The second kappa shape index (κ2) is 6.54. The zero-order valence-electron chi connectivity index (χ0n) is 13.8. The van der Waals surface area contributed by atoms with Gasteiger partial charge in [0, 0.05) is 31.9 Å². The number of likely N-dealkylation sites (tertiary alicyclic amines) is 2. The van der Waals surface area contributed by atoms with Crippen LogP contribution in [-0.4, -0.2) is 62.9 Å². The smallest absolute Gasteiger partial charge is 0.321 e. The molecule has 2 aromatic rings. The lowest BCUT2D eigenvalue weighted by Gasteiger charge is -2.38. The molecule has 0 unspecified atom stereocenters. The number of anilines is 1. The van der Waals surface area contributed by atoms with Gasteiger partial charge in [0.2, 0.25) is 0 Å². The van der Waals surface area contributed by atoms with Crippen LogP contribution >= 0.6 is 0 Å². The van der Waals surface area contributed by atoms with Crippen molar-refractivity contribution < 1.29 is 9.59 Å². The highest BCUT2D eigenvalue weighted by molar-refractivity contribution is 5.92. The van der Waals surface area contributed by atoms with Gasteiger partial charge in [-0.25, -0.2) is 9.48 Å². The summed E-state index contributed by atoms with van der Waals surface area (Å²) in [4.78, 5) is 28.0. The Bertz CT molecular complexity index is 762. The molecule has 0 bridgehead atoms. The van der Waals surface area contributed by atoms with E-state index in [9.17, 15) is 9.59 Å². The van der Waals surface area contributed by atoms with Gasteiger partial charge in [0.15, 0.2) is 5.69 Å². The molecule has 2 saturated heterocycles. The summed E-state index contributed by atoms with van der Waals surface area (Å²) in [5, 5.41) is 10.9. The van der Waals surface area contributed by atoms with Crippen LogP contribution in [0.1, 0.15) is 29.4 Å². The third-order valence-electron chi connectivity index (χ3n) is 4.67. The first-order chi connectivity index (χ1) is 12.2. The molecular formula is C17H20N6O2. The zero-order chi connectivity index (χ0) is 17.2. The Balaban J connectivity index is 1.32. The minimum Gasteiger partial charge on any atom is -0.337 e. The van der Waals surface area contributed by atoms with Gasteiger partial charge in [-0.05, 0) is 25.0 Å². The number of nitrogens with one attached hydrogen (secondary N) is 1. The van der Waals surface area contributed by atoms with Crippen molar-refractivity contribution in [3.63, 3.8) is 0 Å². The molecule has 25 heavy (non-hydrogen) atoms. The number of hydrogen-bond donors (Lipinski definition) is 1. The summed E-state index contributed by atoms with van der Waals surface area (Å²) in [6.07, 6.45) is 3.79. The van der Waals surface area contributed by atoms with Crippen molar-refractivity contribution in [1.82, 2.24) is 24.8 Å². The lowest BCUT2D eigenvalue weighted by Crippen LogP contribution is -2.52. The highest BCUT2D eigenvalue weighted by atomic mass is 16.2. The molecule has 8 nitrogen and oxygen atoms in total. The van der Waals surface area contributed by atoms with E-state index in [4.69, 9.17) is 0 Å². The summed E-state index contributed by atoms with van der Waals surface area (Å²) in [5.41, 5.74) is 1.16. The molecule has 2 fully saturated rings. The second-order valence-corrected chi connectivity index (χ2v) is 6.44. The van der Waals surface area contributed by atoms with Crippen LogP contribution in [0.4, 0.5) is 10.5 Å². The third kappa shape index (κ3) is 3.19. The normalized spacial score (nSPS) is 17.4. The molecule has 2 aliphatic rings. The van der Waals surface area contributed by atoms with Gasteiger partial charge >= 0.3 is 6.03 Å². The Hall–Kier alpha value is -2.90. The van der Waals surface area contributed by atoms with E-state index in [0.29, 0.717) is 18.8 Å². The molecule has 1 aromatic carbocycles. The largest absolute Gasteiger partial charge is 0.337 e. The summed E-state index contributed by atoms with van der Waals surface area (Å²) >= 11 is 0. The van der Waals surface area contributed by atoms with E-state index in [1.54, 1.807) is 15.8 Å². The van der Waals surface area contributed by atoms with Crippen molar-refractivity contribution >= 4 is 17.6 Å². The van der Waals surface area contributed by atoms with Gasteiger partial charge in [0.1, 0.15) is 0 Å². The Kier molecular flexibility index (Phi) is 4.09. The molecule has 3 heterocycles. The van der Waals surface area contributed by atoms with E-state index in [1.807, 2.05) is 35.2 Å². The van der Waals surface area contributed by atoms with Gasteiger partial charge in [-0.3, -0.25) is 4.79 Å². The molecule has 0 saturated carbocycles. The van der Waals surface area contributed by atoms with E-state index in [0.717, 1.165) is 31.6 Å². The molecule has 0 radical (unpaired) electrons. The molecule has 0 atom stereocenters. The highest BCUT2D eigenvalue weighted by Crippen LogP contribution is 2.22. The number of nitrogens with zero attached hydrogens (tertiary/aromatic N) is 5. The van der Waals surface area contributed by atoms with Gasteiger partial charge < -0.3 is 15.1 Å². The van der Waals surface area contributed by atoms with Gasteiger partial charge in [-0.15, -0.1) is 5.10 Å². The lowest BCUT2D eigenvalue weighted by molar-refractivity contribution is 0.0786. The number of hydrogen-bond acceptors (Lipinski definition) is 4. The average molecular weight is 340 g/mol. The number of carbonyl (C=O) groups is 2. The molecule has 4 rings (SSSR count). The monoisotopic (exact) mass is 340 g/mol. The van der Waals surface area contributed by atoms with E-state index >= 15 is 0 Å². The topological polar surface area (TPSA) is 83.4 Å². The maximum Gasteiger partial charge on any atom is 0.321 e. The maximum atomic E-state index is 12.3. The molecule has 8 heteroatoms. The van der Waals surface area contributed by atoms with Gasteiger partial charge in [-0.2, -0.15) is 0 Å². The number of amides is 3. The molecule has 3 amide bonds. The fraction of sp³-hybridized carbons (Fsp3) is 0.412. The van der Waals surface area contributed by atoms with Crippen LogP contribution in [0.2, 0.25) is 0 Å². The Morgan fingerprint density at radius 3 is 2.48 bits per heavy atom. The quantitative estimate of drug-likeness (QED) is 0.920. The maximum absolute atomic E-state index is 12.3. The first-order valence-electron chi connectivity index (χ1n) is 8.53. The van der Waals surface area contributed by atoms with E-state index in [1.165, 1.54) is 0 Å². The number of carbonyl (C=O) groups excluding carboxylic acids is 2. The highest BCUT2D eigenvalue weighted by Gasteiger charge is 2.33. The predicted octanol–water partition coefficient (Wildman–Crippen LogP) is 1.60. The summed E-state index contributed by atoms with van der Waals surface area (Å²) in [6, 6.07) is 9.29. The number of urea groups is 1. The van der Waals surface area contributed by atoms with Gasteiger partial charge in [-0.1, -0.05) is 23.4 Å². The van der Waals surface area contributed by atoms with Crippen LogP contribution in [0.3, 0.4) is 0 Å².